The van der Waals surface area contributed by atoms with Crippen LogP contribution >= 0.6 is 0 Å². The maximum atomic E-state index is 13.4. The molecule has 2 N–H and O–H groups in total. The van der Waals surface area contributed by atoms with Crippen molar-refractivity contribution in [1.82, 2.24) is 4.98 Å². The van der Waals surface area contributed by atoms with E-state index in [0.29, 0.717) is 11.1 Å². The lowest BCUT2D eigenvalue weighted by Gasteiger charge is -2.08. The van der Waals surface area contributed by atoms with Gasteiger partial charge in [-0.1, -0.05) is 0 Å². The first kappa shape index (κ1) is 11.5. The number of primary amides is 1. The maximum absolute atomic E-state index is 13.4. The van der Waals surface area contributed by atoms with Crippen LogP contribution in [0.5, 0.6) is 0 Å². The molecule has 0 saturated heterocycles. The largest absolute Gasteiger partial charge is 0.369 e. The van der Waals surface area contributed by atoms with E-state index in [1.165, 1.54) is 12.1 Å². The normalized spacial score (nSPS) is 10.8. The predicted molar refractivity (Wildman–Crippen MR) is 64.1 cm³/mol. The van der Waals surface area contributed by atoms with E-state index in [9.17, 15) is 9.18 Å². The first-order valence-electron chi connectivity index (χ1n) is 5.32. The second kappa shape index (κ2) is 4.13. The number of rotatable bonds is 2. The Morgan fingerprint density at radius 3 is 2.71 bits per heavy atom. The zero-order valence-corrected chi connectivity index (χ0v) is 9.75. The van der Waals surface area contributed by atoms with E-state index in [4.69, 9.17) is 5.73 Å². The predicted octanol–water partition coefficient (Wildman–Crippen LogP) is 2.02. The molecule has 1 amide bonds. The molecule has 0 unspecified atom stereocenters. The summed E-state index contributed by atoms with van der Waals surface area (Å²) in [5, 5.41) is 0.729. The van der Waals surface area contributed by atoms with Gasteiger partial charge in [0.05, 0.1) is 11.9 Å². The molecule has 0 fully saturated rings. The van der Waals surface area contributed by atoms with Gasteiger partial charge < -0.3 is 5.73 Å². The van der Waals surface area contributed by atoms with Crippen LogP contribution in [-0.2, 0) is 11.2 Å². The summed E-state index contributed by atoms with van der Waals surface area (Å²) < 4.78 is 13.4. The van der Waals surface area contributed by atoms with Crippen LogP contribution in [0.2, 0.25) is 0 Å². The molecule has 2 rings (SSSR count). The number of fused-ring (bicyclic) bond motifs is 1. The molecule has 3 nitrogen and oxygen atoms in total. The Labute approximate surface area is 98.5 Å². The fourth-order valence-electron chi connectivity index (χ4n) is 2.01. The summed E-state index contributed by atoms with van der Waals surface area (Å²) in [4.78, 5) is 15.3. The highest BCUT2D eigenvalue weighted by atomic mass is 19.1. The molecule has 0 radical (unpaired) electrons. The third-order valence-corrected chi connectivity index (χ3v) is 2.66. The van der Waals surface area contributed by atoms with Crippen LogP contribution in [0.3, 0.4) is 0 Å². The number of aryl methyl sites for hydroxylation is 2. The number of carbonyl (C=O) groups is 1. The molecule has 4 heteroatoms. The van der Waals surface area contributed by atoms with Crippen molar-refractivity contribution in [2.45, 2.75) is 20.3 Å². The molecular formula is C13H13FN2O. The average molecular weight is 232 g/mol. The molecule has 0 aliphatic carbocycles. The van der Waals surface area contributed by atoms with Crippen molar-refractivity contribution in [3.8, 4) is 0 Å². The van der Waals surface area contributed by atoms with Gasteiger partial charge in [-0.25, -0.2) is 4.39 Å². The molecule has 2 aromatic rings. The summed E-state index contributed by atoms with van der Waals surface area (Å²) >= 11 is 0. The molecule has 0 atom stereocenters. The Hall–Kier alpha value is -1.97. The smallest absolute Gasteiger partial charge is 0.221 e. The number of benzene rings is 1. The number of nitrogens with zero attached hydrogens (tertiary/aromatic N) is 1. The molecule has 0 aliphatic heterocycles. The molecule has 0 saturated carbocycles. The Kier molecular flexibility index (Phi) is 2.79. The number of aromatic nitrogens is 1. The number of halogens is 1. The van der Waals surface area contributed by atoms with Gasteiger partial charge >= 0.3 is 0 Å². The van der Waals surface area contributed by atoms with E-state index in [-0.39, 0.29) is 12.2 Å². The van der Waals surface area contributed by atoms with Crippen LogP contribution in [0.15, 0.2) is 18.2 Å². The fourth-order valence-corrected chi connectivity index (χ4v) is 2.01. The van der Waals surface area contributed by atoms with Crippen molar-refractivity contribution in [2.75, 3.05) is 0 Å². The zero-order chi connectivity index (χ0) is 12.6. The summed E-state index contributed by atoms with van der Waals surface area (Å²) in [5.41, 5.74) is 8.13. The number of hydrogen-bond donors (Lipinski definition) is 1. The molecule has 1 aromatic carbocycles. The summed E-state index contributed by atoms with van der Waals surface area (Å²) in [5.74, 6) is -0.861. The van der Waals surface area contributed by atoms with Gasteiger partial charge in [-0.05, 0) is 43.2 Å². The summed E-state index contributed by atoms with van der Waals surface area (Å²) in [6, 6.07) is 4.64. The van der Waals surface area contributed by atoms with E-state index in [1.807, 2.05) is 19.9 Å². The Morgan fingerprint density at radius 2 is 2.06 bits per heavy atom. The summed E-state index contributed by atoms with van der Waals surface area (Å²) in [6.07, 6.45) is 0.00412. The summed E-state index contributed by atoms with van der Waals surface area (Å²) in [7, 11) is 0. The molecule has 0 aliphatic rings. The van der Waals surface area contributed by atoms with Crippen LogP contribution in [0.25, 0.3) is 10.9 Å². The highest BCUT2D eigenvalue weighted by molar-refractivity contribution is 5.89. The maximum Gasteiger partial charge on any atom is 0.221 e. The second-order valence-corrected chi connectivity index (χ2v) is 4.18. The van der Waals surface area contributed by atoms with Gasteiger partial charge in [-0.2, -0.15) is 0 Å². The minimum Gasteiger partial charge on any atom is -0.369 e. The van der Waals surface area contributed by atoms with Gasteiger partial charge in [-0.3, -0.25) is 9.78 Å². The van der Waals surface area contributed by atoms with Gasteiger partial charge in [0, 0.05) is 11.1 Å². The number of nitrogens with two attached hydrogens (primary N) is 1. The number of carbonyl (C=O) groups excluding carboxylic acids is 1. The molecule has 0 spiro atoms. The quantitative estimate of drug-likeness (QED) is 0.861. The van der Waals surface area contributed by atoms with E-state index in [1.54, 1.807) is 0 Å². The lowest BCUT2D eigenvalue weighted by Crippen LogP contribution is -2.14. The van der Waals surface area contributed by atoms with Crippen LogP contribution < -0.4 is 5.73 Å². The van der Waals surface area contributed by atoms with E-state index < -0.39 is 5.91 Å². The lowest BCUT2D eigenvalue weighted by atomic mass is 10.0. The van der Waals surface area contributed by atoms with Crippen molar-refractivity contribution in [1.29, 1.82) is 0 Å². The second-order valence-electron chi connectivity index (χ2n) is 4.18. The van der Waals surface area contributed by atoms with Crippen LogP contribution in [0.1, 0.15) is 16.8 Å². The molecule has 0 bridgehead atoms. The number of hydrogen-bond acceptors (Lipinski definition) is 2. The number of pyridine rings is 1. The molecule has 17 heavy (non-hydrogen) atoms. The highest BCUT2D eigenvalue weighted by Crippen LogP contribution is 2.23. The molecule has 1 heterocycles. The molecule has 88 valence electrons. The van der Waals surface area contributed by atoms with E-state index in [2.05, 4.69) is 4.98 Å². The standard InChI is InChI=1S/C13H13FN2O/c1-7-3-8(2)16-13-9(5-12(15)17)4-10(14)6-11(7)13/h3-4,6H,5H2,1-2H3,(H2,15,17). The first-order chi connectivity index (χ1) is 7.97. The van der Waals surface area contributed by atoms with Gasteiger partial charge in [0.15, 0.2) is 0 Å². The number of amides is 1. The van der Waals surface area contributed by atoms with Crippen molar-refractivity contribution < 1.29 is 9.18 Å². The Bertz CT molecular complexity index is 608. The van der Waals surface area contributed by atoms with Gasteiger partial charge in [0.2, 0.25) is 5.91 Å². The average Bonchev–Trinajstić information content (AvgIpc) is 2.19. The van der Waals surface area contributed by atoms with Gasteiger partial charge in [0.1, 0.15) is 5.82 Å². The molecular weight excluding hydrogens is 219 g/mol. The van der Waals surface area contributed by atoms with Gasteiger partial charge in [0.25, 0.3) is 0 Å². The van der Waals surface area contributed by atoms with E-state index in [0.717, 1.165) is 16.6 Å². The zero-order valence-electron chi connectivity index (χ0n) is 9.75. The third-order valence-electron chi connectivity index (χ3n) is 2.66. The topological polar surface area (TPSA) is 56.0 Å². The molecule has 1 aromatic heterocycles. The van der Waals surface area contributed by atoms with Crippen LogP contribution in [0, 0.1) is 19.7 Å². The fraction of sp³-hybridized carbons (Fsp3) is 0.231. The van der Waals surface area contributed by atoms with Crippen molar-refractivity contribution in [3.05, 3.63) is 40.8 Å². The first-order valence-corrected chi connectivity index (χ1v) is 5.32. The monoisotopic (exact) mass is 232 g/mol. The SMILES string of the molecule is Cc1cc(C)c2cc(F)cc(CC(N)=O)c2n1. The Morgan fingerprint density at radius 1 is 1.35 bits per heavy atom. The highest BCUT2D eigenvalue weighted by Gasteiger charge is 2.10. The third kappa shape index (κ3) is 2.25. The van der Waals surface area contributed by atoms with Crippen molar-refractivity contribution in [3.63, 3.8) is 0 Å². The van der Waals surface area contributed by atoms with Crippen molar-refractivity contribution in [2.24, 2.45) is 5.73 Å². The van der Waals surface area contributed by atoms with E-state index >= 15 is 0 Å². The Balaban J connectivity index is 2.77. The van der Waals surface area contributed by atoms with Crippen molar-refractivity contribution >= 4 is 16.8 Å². The lowest BCUT2D eigenvalue weighted by molar-refractivity contribution is -0.117. The van der Waals surface area contributed by atoms with Crippen LogP contribution in [-0.4, -0.2) is 10.9 Å². The minimum absolute atomic E-state index is 0.00412. The minimum atomic E-state index is -0.488. The summed E-state index contributed by atoms with van der Waals surface area (Å²) in [6.45, 7) is 3.76. The van der Waals surface area contributed by atoms with Gasteiger partial charge in [-0.15, -0.1) is 0 Å². The van der Waals surface area contributed by atoms with Crippen LogP contribution in [0.4, 0.5) is 4.39 Å².